The highest BCUT2D eigenvalue weighted by molar-refractivity contribution is 5.76. The molecule has 4 rings (SSSR count). The Balaban J connectivity index is 1.17. The molecule has 1 amide bonds. The summed E-state index contributed by atoms with van der Waals surface area (Å²) in [5, 5.41) is 4.07. The lowest BCUT2D eigenvalue weighted by atomic mass is 9.90. The van der Waals surface area contributed by atoms with Gasteiger partial charge in [0, 0.05) is 25.1 Å². The van der Waals surface area contributed by atoms with Crippen LogP contribution in [0.15, 0.2) is 22.7 Å². The number of nitrogens with two attached hydrogens (primary N) is 1. The van der Waals surface area contributed by atoms with Crippen molar-refractivity contribution < 1.29 is 18.4 Å². The van der Waals surface area contributed by atoms with Gasteiger partial charge in [0.1, 0.15) is 11.6 Å². The monoisotopic (exact) mass is 430 g/mol. The summed E-state index contributed by atoms with van der Waals surface area (Å²) in [6.07, 6.45) is 4.43. The summed E-state index contributed by atoms with van der Waals surface area (Å²) < 4.78 is 25.2. The Labute approximate surface area is 182 Å². The number of aromatic nitrogens is 2. The SMILES string of the molecule is CC(C)c1noc(N2CCC([C@H]3C[C@H]3CCOc3ccc(CC(N)=O)c(F)c3)CC2)n1. The first kappa shape index (κ1) is 21.6. The van der Waals surface area contributed by atoms with Crippen LogP contribution in [0, 0.1) is 23.6 Å². The van der Waals surface area contributed by atoms with Crippen molar-refractivity contribution in [2.75, 3.05) is 24.6 Å². The van der Waals surface area contributed by atoms with Crippen LogP contribution >= 0.6 is 0 Å². The highest BCUT2D eigenvalue weighted by atomic mass is 19.1. The van der Waals surface area contributed by atoms with Gasteiger partial charge in [0.15, 0.2) is 5.82 Å². The van der Waals surface area contributed by atoms with E-state index >= 15 is 0 Å². The maximum Gasteiger partial charge on any atom is 0.324 e. The van der Waals surface area contributed by atoms with Gasteiger partial charge >= 0.3 is 6.01 Å². The zero-order chi connectivity index (χ0) is 22.0. The fourth-order valence-corrected chi connectivity index (χ4v) is 4.57. The van der Waals surface area contributed by atoms with Crippen LogP contribution in [0.4, 0.5) is 10.4 Å². The average molecular weight is 431 g/mol. The number of carbonyl (C=O) groups is 1. The van der Waals surface area contributed by atoms with Gasteiger partial charge in [-0.15, -0.1) is 0 Å². The third-order valence-corrected chi connectivity index (χ3v) is 6.49. The molecule has 1 aromatic carbocycles. The van der Waals surface area contributed by atoms with Crippen LogP contribution in [-0.4, -0.2) is 35.7 Å². The second kappa shape index (κ2) is 9.24. The largest absolute Gasteiger partial charge is 0.493 e. The van der Waals surface area contributed by atoms with Crippen LogP contribution in [0.3, 0.4) is 0 Å². The Bertz CT molecular complexity index is 908. The van der Waals surface area contributed by atoms with Crippen LogP contribution in [0.5, 0.6) is 5.75 Å². The Kier molecular flexibility index (Phi) is 6.43. The molecular weight excluding hydrogens is 399 g/mol. The van der Waals surface area contributed by atoms with Crippen molar-refractivity contribution in [3.63, 3.8) is 0 Å². The number of halogens is 1. The lowest BCUT2D eigenvalue weighted by Gasteiger charge is -2.30. The van der Waals surface area contributed by atoms with E-state index in [9.17, 15) is 9.18 Å². The third kappa shape index (κ3) is 5.35. The highest BCUT2D eigenvalue weighted by Crippen LogP contribution is 2.50. The Morgan fingerprint density at radius 1 is 1.35 bits per heavy atom. The number of anilines is 1. The second-order valence-corrected chi connectivity index (χ2v) is 9.11. The van der Waals surface area contributed by atoms with Crippen LogP contribution in [0.25, 0.3) is 0 Å². The summed E-state index contributed by atoms with van der Waals surface area (Å²) in [5.41, 5.74) is 5.43. The van der Waals surface area contributed by atoms with Gasteiger partial charge in [-0.25, -0.2) is 4.39 Å². The maximum absolute atomic E-state index is 14.0. The van der Waals surface area contributed by atoms with Gasteiger partial charge in [-0.3, -0.25) is 4.79 Å². The molecule has 2 aliphatic rings. The molecule has 2 fully saturated rings. The summed E-state index contributed by atoms with van der Waals surface area (Å²) in [4.78, 5) is 17.7. The van der Waals surface area contributed by atoms with Crippen molar-refractivity contribution in [2.24, 2.45) is 23.5 Å². The van der Waals surface area contributed by atoms with Crippen molar-refractivity contribution in [3.8, 4) is 5.75 Å². The first-order valence-electron chi connectivity index (χ1n) is 11.2. The molecule has 2 atom stereocenters. The molecule has 31 heavy (non-hydrogen) atoms. The molecule has 0 spiro atoms. The van der Waals surface area contributed by atoms with E-state index in [1.807, 2.05) is 0 Å². The summed E-state index contributed by atoms with van der Waals surface area (Å²) in [6, 6.07) is 5.25. The molecule has 1 aliphatic heterocycles. The molecule has 1 aliphatic carbocycles. The van der Waals surface area contributed by atoms with E-state index in [0.717, 1.165) is 50.0 Å². The average Bonchev–Trinajstić information content (AvgIpc) is 3.32. The molecule has 7 nitrogen and oxygen atoms in total. The quantitative estimate of drug-likeness (QED) is 0.652. The number of ether oxygens (including phenoxy) is 1. The normalized spacial score (nSPS) is 21.5. The summed E-state index contributed by atoms with van der Waals surface area (Å²) >= 11 is 0. The molecule has 8 heteroatoms. The Hall–Kier alpha value is -2.64. The van der Waals surface area contributed by atoms with E-state index < -0.39 is 11.7 Å². The topological polar surface area (TPSA) is 94.5 Å². The van der Waals surface area contributed by atoms with E-state index in [2.05, 4.69) is 28.9 Å². The van der Waals surface area contributed by atoms with Crippen molar-refractivity contribution in [3.05, 3.63) is 35.4 Å². The molecule has 0 radical (unpaired) electrons. The highest BCUT2D eigenvalue weighted by Gasteiger charge is 2.43. The van der Waals surface area contributed by atoms with E-state index in [0.29, 0.717) is 29.9 Å². The van der Waals surface area contributed by atoms with E-state index in [1.54, 1.807) is 12.1 Å². The second-order valence-electron chi connectivity index (χ2n) is 9.11. The van der Waals surface area contributed by atoms with Crippen molar-refractivity contribution in [1.82, 2.24) is 10.1 Å². The Morgan fingerprint density at radius 2 is 2.13 bits per heavy atom. The van der Waals surface area contributed by atoms with Gasteiger partial charge in [-0.1, -0.05) is 25.1 Å². The maximum atomic E-state index is 14.0. The minimum Gasteiger partial charge on any atom is -0.493 e. The number of amides is 1. The minimum atomic E-state index is -0.546. The third-order valence-electron chi connectivity index (χ3n) is 6.49. The lowest BCUT2D eigenvalue weighted by molar-refractivity contribution is -0.117. The van der Waals surface area contributed by atoms with Gasteiger partial charge < -0.3 is 19.9 Å². The molecular formula is C23H31FN4O3. The number of piperidine rings is 1. The number of hydrogen-bond acceptors (Lipinski definition) is 6. The predicted octanol–water partition coefficient (Wildman–Crippen LogP) is 3.68. The van der Waals surface area contributed by atoms with E-state index in [1.165, 1.54) is 12.5 Å². The fourth-order valence-electron chi connectivity index (χ4n) is 4.57. The van der Waals surface area contributed by atoms with Gasteiger partial charge in [0.25, 0.3) is 0 Å². The van der Waals surface area contributed by atoms with Crippen molar-refractivity contribution in [1.29, 1.82) is 0 Å². The molecule has 0 bridgehead atoms. The Morgan fingerprint density at radius 3 is 2.77 bits per heavy atom. The summed E-state index contributed by atoms with van der Waals surface area (Å²) in [6.45, 7) is 6.62. The van der Waals surface area contributed by atoms with Crippen LogP contribution < -0.4 is 15.4 Å². The van der Waals surface area contributed by atoms with E-state index in [-0.39, 0.29) is 12.3 Å². The molecule has 1 saturated heterocycles. The molecule has 1 saturated carbocycles. The van der Waals surface area contributed by atoms with Gasteiger partial charge in [-0.05, 0) is 55.1 Å². The molecule has 0 unspecified atom stereocenters. The van der Waals surface area contributed by atoms with Crippen molar-refractivity contribution >= 4 is 11.9 Å². The number of benzene rings is 1. The van der Waals surface area contributed by atoms with E-state index in [4.69, 9.17) is 15.0 Å². The molecule has 2 heterocycles. The van der Waals surface area contributed by atoms with Crippen LogP contribution in [0.2, 0.25) is 0 Å². The zero-order valence-electron chi connectivity index (χ0n) is 18.2. The number of carbonyl (C=O) groups excluding carboxylic acids is 1. The predicted molar refractivity (Wildman–Crippen MR) is 114 cm³/mol. The fraction of sp³-hybridized carbons (Fsp3) is 0.609. The standard InChI is InChI=1S/C23H31FN4O3/c1-14(2)22-26-23(31-27-22)28-8-5-15(6-9-28)19-11-16(19)7-10-30-18-4-3-17(12-21(25)29)20(24)13-18/h3-4,13-16,19H,5-12H2,1-2H3,(H2,25,29)/t16-,19-/m1/s1. The first-order valence-corrected chi connectivity index (χ1v) is 11.2. The van der Waals surface area contributed by atoms with Gasteiger partial charge in [0.05, 0.1) is 13.0 Å². The summed E-state index contributed by atoms with van der Waals surface area (Å²) in [7, 11) is 0. The zero-order valence-corrected chi connectivity index (χ0v) is 18.2. The first-order chi connectivity index (χ1) is 14.9. The molecule has 168 valence electrons. The molecule has 2 aromatic rings. The van der Waals surface area contributed by atoms with Gasteiger partial charge in [-0.2, -0.15) is 4.98 Å². The number of nitrogens with zero attached hydrogens (tertiary/aromatic N) is 3. The number of primary amides is 1. The number of hydrogen-bond donors (Lipinski definition) is 1. The van der Waals surface area contributed by atoms with Crippen LogP contribution in [-0.2, 0) is 11.2 Å². The van der Waals surface area contributed by atoms with Crippen LogP contribution in [0.1, 0.15) is 56.8 Å². The molecule has 2 N–H and O–H groups in total. The van der Waals surface area contributed by atoms with Crippen molar-refractivity contribution in [2.45, 2.75) is 51.9 Å². The lowest BCUT2D eigenvalue weighted by Crippen LogP contribution is -2.34. The molecule has 1 aromatic heterocycles. The minimum absolute atomic E-state index is 0.0972. The van der Waals surface area contributed by atoms with Gasteiger partial charge in [0.2, 0.25) is 5.91 Å². The summed E-state index contributed by atoms with van der Waals surface area (Å²) in [5.74, 6) is 2.72. The smallest absolute Gasteiger partial charge is 0.324 e. The number of rotatable bonds is 9.